The van der Waals surface area contributed by atoms with Gasteiger partial charge in [-0.1, -0.05) is 6.42 Å². The molecule has 0 aromatic heterocycles. The summed E-state index contributed by atoms with van der Waals surface area (Å²) in [6, 6.07) is 0.793. The Balaban J connectivity index is 1.26. The molecular formula is C18H31N3O2. The normalized spacial score (nSPS) is 41.9. The molecule has 1 amide bonds. The predicted molar refractivity (Wildman–Crippen MR) is 89.1 cm³/mol. The number of morpholine rings is 1. The third-order valence-electron chi connectivity index (χ3n) is 6.85. The number of likely N-dealkylation sites (tertiary alicyclic amines) is 1. The van der Waals surface area contributed by atoms with E-state index in [1.54, 1.807) is 0 Å². The second-order valence-corrected chi connectivity index (χ2v) is 8.35. The highest BCUT2D eigenvalue weighted by molar-refractivity contribution is 5.78. The molecule has 0 unspecified atom stereocenters. The molecule has 0 radical (unpaired) electrons. The summed E-state index contributed by atoms with van der Waals surface area (Å²) in [7, 11) is 2.17. The molecule has 5 heteroatoms. The summed E-state index contributed by atoms with van der Waals surface area (Å²) in [5, 5.41) is 3.29. The highest BCUT2D eigenvalue weighted by Gasteiger charge is 2.43. The molecule has 0 aromatic rings. The van der Waals surface area contributed by atoms with Crippen LogP contribution in [0.25, 0.3) is 0 Å². The average molecular weight is 321 g/mol. The number of rotatable bonds is 4. The molecule has 2 aliphatic carbocycles. The lowest BCUT2D eigenvalue weighted by molar-refractivity contribution is -0.123. The van der Waals surface area contributed by atoms with Crippen molar-refractivity contribution < 1.29 is 9.53 Å². The largest absolute Gasteiger partial charge is 0.374 e. The van der Waals surface area contributed by atoms with Gasteiger partial charge in [0.1, 0.15) is 0 Å². The number of ether oxygens (including phenoxy) is 1. The molecule has 4 rings (SSSR count). The Morgan fingerprint density at radius 3 is 2.87 bits per heavy atom. The fraction of sp³-hybridized carbons (Fsp3) is 0.944. The molecular weight excluding hydrogens is 290 g/mol. The Hall–Kier alpha value is -0.650. The summed E-state index contributed by atoms with van der Waals surface area (Å²) < 4.78 is 5.86. The minimum absolute atomic E-state index is 0.196. The summed E-state index contributed by atoms with van der Waals surface area (Å²) in [6.45, 7) is 6.41. The van der Waals surface area contributed by atoms with E-state index in [2.05, 4.69) is 29.1 Å². The summed E-state index contributed by atoms with van der Waals surface area (Å²) in [5.41, 5.74) is 0. The number of fused-ring (bicyclic) bond motifs is 3. The van der Waals surface area contributed by atoms with Crippen LogP contribution in [0.2, 0.25) is 0 Å². The van der Waals surface area contributed by atoms with Crippen molar-refractivity contribution in [1.29, 1.82) is 0 Å². The van der Waals surface area contributed by atoms with Gasteiger partial charge in [-0.25, -0.2) is 0 Å². The Morgan fingerprint density at radius 1 is 1.30 bits per heavy atom. The van der Waals surface area contributed by atoms with E-state index in [1.807, 2.05) is 0 Å². The quantitative estimate of drug-likeness (QED) is 0.837. The predicted octanol–water partition coefficient (Wildman–Crippen LogP) is 0.942. The summed E-state index contributed by atoms with van der Waals surface area (Å²) in [5.74, 6) is 2.72. The first-order chi connectivity index (χ1) is 11.1. The standard InChI is InChI=1S/C18H31N3O2/c1-12(15-8-13-3-4-14(15)7-13)19-18(22)11-21-9-16-17(10-21)23-6-5-20(16)2/h12-17H,3-11H2,1-2H3,(H,19,22)/t12-,13-,14-,15-,16+,17-/m0/s1. The van der Waals surface area contributed by atoms with E-state index in [4.69, 9.17) is 4.74 Å². The zero-order valence-electron chi connectivity index (χ0n) is 14.5. The van der Waals surface area contributed by atoms with Crippen LogP contribution < -0.4 is 5.32 Å². The fourth-order valence-corrected chi connectivity index (χ4v) is 5.58. The van der Waals surface area contributed by atoms with Crippen LogP contribution in [0.15, 0.2) is 0 Å². The Bertz CT molecular complexity index is 458. The molecule has 6 atom stereocenters. The zero-order valence-corrected chi connectivity index (χ0v) is 14.5. The topological polar surface area (TPSA) is 44.8 Å². The number of carbonyl (C=O) groups is 1. The van der Waals surface area contributed by atoms with Gasteiger partial charge < -0.3 is 10.1 Å². The van der Waals surface area contributed by atoms with Gasteiger partial charge in [-0.05, 0) is 51.0 Å². The van der Waals surface area contributed by atoms with Gasteiger partial charge in [0.25, 0.3) is 0 Å². The van der Waals surface area contributed by atoms with Crippen LogP contribution in [-0.2, 0) is 9.53 Å². The summed E-state index contributed by atoms with van der Waals surface area (Å²) in [4.78, 5) is 17.1. The maximum Gasteiger partial charge on any atom is 0.234 e. The number of carbonyl (C=O) groups excluding carboxylic acids is 1. The van der Waals surface area contributed by atoms with E-state index < -0.39 is 0 Å². The molecule has 4 fully saturated rings. The van der Waals surface area contributed by atoms with Gasteiger partial charge in [-0.3, -0.25) is 14.6 Å². The molecule has 2 saturated carbocycles. The maximum absolute atomic E-state index is 12.5. The van der Waals surface area contributed by atoms with Crippen molar-refractivity contribution in [2.45, 2.75) is 50.8 Å². The molecule has 2 aliphatic heterocycles. The van der Waals surface area contributed by atoms with Gasteiger partial charge >= 0.3 is 0 Å². The van der Waals surface area contributed by atoms with Crippen LogP contribution in [0.1, 0.15) is 32.6 Å². The first-order valence-electron chi connectivity index (χ1n) is 9.43. The zero-order chi connectivity index (χ0) is 16.0. The SMILES string of the molecule is C[C@H](NC(=O)CN1C[C@@H]2OCCN(C)[C@@H]2C1)[C@@H]1C[C@H]2CC[C@H]1C2. The van der Waals surface area contributed by atoms with Crippen molar-refractivity contribution in [2.24, 2.45) is 17.8 Å². The molecule has 5 nitrogen and oxygen atoms in total. The third-order valence-corrected chi connectivity index (χ3v) is 6.85. The lowest BCUT2D eigenvalue weighted by Gasteiger charge is -2.33. The molecule has 23 heavy (non-hydrogen) atoms. The maximum atomic E-state index is 12.5. The van der Waals surface area contributed by atoms with Crippen LogP contribution in [-0.4, -0.2) is 73.7 Å². The van der Waals surface area contributed by atoms with Crippen molar-refractivity contribution in [1.82, 2.24) is 15.1 Å². The molecule has 2 heterocycles. The highest BCUT2D eigenvalue weighted by atomic mass is 16.5. The lowest BCUT2D eigenvalue weighted by atomic mass is 9.84. The average Bonchev–Trinajstić information content (AvgIpc) is 3.21. The van der Waals surface area contributed by atoms with E-state index >= 15 is 0 Å². The summed E-state index contributed by atoms with van der Waals surface area (Å²) in [6.07, 6.45) is 5.83. The van der Waals surface area contributed by atoms with E-state index in [1.165, 1.54) is 25.7 Å². The number of nitrogens with zero attached hydrogens (tertiary/aromatic N) is 2. The van der Waals surface area contributed by atoms with Gasteiger partial charge in [0, 0.05) is 31.7 Å². The minimum atomic E-state index is 0.196. The molecule has 2 bridgehead atoms. The molecule has 130 valence electrons. The van der Waals surface area contributed by atoms with Crippen molar-refractivity contribution in [3.8, 4) is 0 Å². The van der Waals surface area contributed by atoms with E-state index in [9.17, 15) is 4.79 Å². The Labute approximate surface area is 139 Å². The minimum Gasteiger partial charge on any atom is -0.374 e. The second-order valence-electron chi connectivity index (χ2n) is 8.35. The van der Waals surface area contributed by atoms with E-state index in [0.717, 1.165) is 38.1 Å². The number of amides is 1. The first kappa shape index (κ1) is 15.9. The number of nitrogens with one attached hydrogen (secondary N) is 1. The van der Waals surface area contributed by atoms with Gasteiger partial charge in [0.05, 0.1) is 19.3 Å². The lowest BCUT2D eigenvalue weighted by Crippen LogP contribution is -2.48. The molecule has 0 spiro atoms. The van der Waals surface area contributed by atoms with Gasteiger partial charge in [-0.2, -0.15) is 0 Å². The first-order valence-corrected chi connectivity index (χ1v) is 9.43. The molecule has 0 aromatic carbocycles. The smallest absolute Gasteiger partial charge is 0.234 e. The molecule has 1 N–H and O–H groups in total. The van der Waals surface area contributed by atoms with Gasteiger partial charge in [0.15, 0.2) is 0 Å². The van der Waals surface area contributed by atoms with Crippen LogP contribution in [0.4, 0.5) is 0 Å². The highest BCUT2D eigenvalue weighted by Crippen LogP contribution is 2.49. The van der Waals surface area contributed by atoms with Gasteiger partial charge in [-0.15, -0.1) is 0 Å². The number of hydrogen-bond donors (Lipinski definition) is 1. The molecule has 4 aliphatic rings. The number of likely N-dealkylation sites (N-methyl/N-ethyl adjacent to an activating group) is 1. The third kappa shape index (κ3) is 3.15. The van der Waals surface area contributed by atoms with Crippen LogP contribution in [0.5, 0.6) is 0 Å². The van der Waals surface area contributed by atoms with E-state index in [0.29, 0.717) is 24.5 Å². The monoisotopic (exact) mass is 321 g/mol. The number of hydrogen-bond acceptors (Lipinski definition) is 4. The van der Waals surface area contributed by atoms with Crippen molar-refractivity contribution in [3.63, 3.8) is 0 Å². The fourth-order valence-electron chi connectivity index (χ4n) is 5.58. The van der Waals surface area contributed by atoms with Crippen LogP contribution >= 0.6 is 0 Å². The van der Waals surface area contributed by atoms with Crippen molar-refractivity contribution >= 4 is 5.91 Å². The van der Waals surface area contributed by atoms with Crippen LogP contribution in [0, 0.1) is 17.8 Å². The Kier molecular flexibility index (Phi) is 4.37. The van der Waals surface area contributed by atoms with Gasteiger partial charge in [0.2, 0.25) is 5.91 Å². The van der Waals surface area contributed by atoms with E-state index in [-0.39, 0.29) is 12.0 Å². The van der Waals surface area contributed by atoms with Crippen molar-refractivity contribution in [3.05, 3.63) is 0 Å². The summed E-state index contributed by atoms with van der Waals surface area (Å²) >= 11 is 0. The Morgan fingerprint density at radius 2 is 2.17 bits per heavy atom. The molecule has 2 saturated heterocycles. The van der Waals surface area contributed by atoms with Crippen molar-refractivity contribution in [2.75, 3.05) is 39.8 Å². The van der Waals surface area contributed by atoms with Crippen LogP contribution in [0.3, 0.4) is 0 Å². The second kappa shape index (κ2) is 6.34.